The van der Waals surface area contributed by atoms with Gasteiger partial charge in [-0.25, -0.2) is 0 Å². The molecule has 1 heterocycles. The van der Waals surface area contributed by atoms with E-state index in [2.05, 4.69) is 28.2 Å². The second-order valence-corrected chi connectivity index (χ2v) is 4.83. The Hall–Kier alpha value is -1.50. The lowest BCUT2D eigenvalue weighted by molar-refractivity contribution is 1.03. The Balaban J connectivity index is 1.97. The van der Waals surface area contributed by atoms with E-state index in [0.29, 0.717) is 10.6 Å². The number of nitriles is 1. The van der Waals surface area contributed by atoms with E-state index in [1.807, 2.05) is 6.07 Å². The third-order valence-electron chi connectivity index (χ3n) is 2.41. The minimum absolute atomic E-state index is 0.586. The highest BCUT2D eigenvalue weighted by Crippen LogP contribution is 2.19. The average molecular weight is 263 g/mol. The summed E-state index contributed by atoms with van der Waals surface area (Å²) < 4.78 is 0. The van der Waals surface area contributed by atoms with Crippen molar-refractivity contribution < 1.29 is 0 Å². The van der Waals surface area contributed by atoms with Crippen LogP contribution >= 0.6 is 22.9 Å². The van der Waals surface area contributed by atoms with Gasteiger partial charge < -0.3 is 5.32 Å². The number of nitrogens with zero attached hydrogens (tertiary/aromatic N) is 1. The number of rotatable bonds is 4. The zero-order valence-electron chi connectivity index (χ0n) is 9.11. The molecule has 1 aromatic carbocycles. The van der Waals surface area contributed by atoms with Crippen LogP contribution in [0.3, 0.4) is 0 Å². The smallest absolute Gasteiger partial charge is 0.101 e. The van der Waals surface area contributed by atoms with Crippen molar-refractivity contribution in [3.8, 4) is 6.07 Å². The number of thiophene rings is 1. The summed E-state index contributed by atoms with van der Waals surface area (Å²) in [6.45, 7) is 0.813. The molecule has 0 amide bonds. The largest absolute Gasteiger partial charge is 0.384 e. The van der Waals surface area contributed by atoms with Crippen molar-refractivity contribution in [2.75, 3.05) is 11.9 Å². The number of halogens is 1. The minimum Gasteiger partial charge on any atom is -0.384 e. The second-order valence-electron chi connectivity index (χ2n) is 3.61. The lowest BCUT2D eigenvalue weighted by atomic mass is 10.2. The van der Waals surface area contributed by atoms with Crippen molar-refractivity contribution in [2.24, 2.45) is 0 Å². The Morgan fingerprint density at radius 3 is 2.94 bits per heavy atom. The predicted molar refractivity (Wildman–Crippen MR) is 72.7 cm³/mol. The van der Waals surface area contributed by atoms with Crippen LogP contribution in [-0.2, 0) is 6.42 Å². The third kappa shape index (κ3) is 3.23. The molecule has 0 spiro atoms. The Morgan fingerprint density at radius 2 is 2.24 bits per heavy atom. The van der Waals surface area contributed by atoms with Crippen LogP contribution in [0.1, 0.15) is 11.1 Å². The van der Waals surface area contributed by atoms with Crippen LogP contribution in [0.25, 0.3) is 0 Å². The fourth-order valence-corrected chi connectivity index (χ4v) is 2.41. The first-order valence-electron chi connectivity index (χ1n) is 5.24. The van der Waals surface area contributed by atoms with E-state index in [9.17, 15) is 0 Å². The van der Waals surface area contributed by atoms with Gasteiger partial charge in [0.25, 0.3) is 0 Å². The molecule has 17 heavy (non-hydrogen) atoms. The summed E-state index contributed by atoms with van der Waals surface area (Å²) >= 11 is 7.53. The van der Waals surface area contributed by atoms with Gasteiger partial charge in [-0.1, -0.05) is 11.6 Å². The quantitative estimate of drug-likeness (QED) is 0.906. The van der Waals surface area contributed by atoms with Gasteiger partial charge in [0.1, 0.15) is 6.07 Å². The maximum atomic E-state index is 8.98. The molecule has 1 N–H and O–H groups in total. The summed E-state index contributed by atoms with van der Waals surface area (Å²) in [7, 11) is 0. The monoisotopic (exact) mass is 262 g/mol. The second kappa shape index (κ2) is 5.72. The van der Waals surface area contributed by atoms with Crippen LogP contribution in [0.4, 0.5) is 5.69 Å². The van der Waals surface area contributed by atoms with Crippen molar-refractivity contribution in [1.82, 2.24) is 0 Å². The summed E-state index contributed by atoms with van der Waals surface area (Å²) in [6.07, 6.45) is 0.955. The van der Waals surface area contributed by atoms with Gasteiger partial charge in [0, 0.05) is 11.6 Å². The Kier molecular flexibility index (Phi) is 4.03. The first-order chi connectivity index (χ1) is 8.29. The average Bonchev–Trinajstić information content (AvgIpc) is 2.84. The lowest BCUT2D eigenvalue weighted by Crippen LogP contribution is -2.05. The molecule has 0 radical (unpaired) electrons. The van der Waals surface area contributed by atoms with Gasteiger partial charge in [-0.05, 0) is 47.0 Å². The van der Waals surface area contributed by atoms with Crippen molar-refractivity contribution in [3.63, 3.8) is 0 Å². The first kappa shape index (κ1) is 12.0. The van der Waals surface area contributed by atoms with E-state index in [0.717, 1.165) is 18.7 Å². The van der Waals surface area contributed by atoms with E-state index in [4.69, 9.17) is 16.9 Å². The lowest BCUT2D eigenvalue weighted by Gasteiger charge is -2.07. The molecule has 2 nitrogen and oxygen atoms in total. The number of hydrogen-bond acceptors (Lipinski definition) is 3. The van der Waals surface area contributed by atoms with Gasteiger partial charge in [0.15, 0.2) is 0 Å². The number of nitrogens with one attached hydrogen (secondary N) is 1. The SMILES string of the molecule is N#Cc1cc(Cl)ccc1NCCc1ccsc1. The number of anilines is 1. The van der Waals surface area contributed by atoms with Crippen LogP contribution in [-0.4, -0.2) is 6.54 Å². The maximum Gasteiger partial charge on any atom is 0.101 e. The Bertz CT molecular complexity index is 529. The van der Waals surface area contributed by atoms with Crippen molar-refractivity contribution >= 4 is 28.6 Å². The molecule has 0 saturated carbocycles. The van der Waals surface area contributed by atoms with E-state index in [1.54, 1.807) is 23.5 Å². The van der Waals surface area contributed by atoms with E-state index < -0.39 is 0 Å². The molecule has 0 atom stereocenters. The molecule has 2 rings (SSSR count). The Labute approximate surface area is 109 Å². The molecule has 0 fully saturated rings. The van der Waals surface area contributed by atoms with E-state index in [-0.39, 0.29) is 0 Å². The first-order valence-corrected chi connectivity index (χ1v) is 6.56. The van der Waals surface area contributed by atoms with Crippen molar-refractivity contribution in [2.45, 2.75) is 6.42 Å². The summed E-state index contributed by atoms with van der Waals surface area (Å²) in [5.74, 6) is 0. The van der Waals surface area contributed by atoms with Crippen LogP contribution in [0.2, 0.25) is 5.02 Å². The van der Waals surface area contributed by atoms with E-state index in [1.165, 1.54) is 5.56 Å². The zero-order valence-corrected chi connectivity index (χ0v) is 10.7. The van der Waals surface area contributed by atoms with Gasteiger partial charge in [-0.2, -0.15) is 16.6 Å². The van der Waals surface area contributed by atoms with Gasteiger partial charge in [-0.15, -0.1) is 0 Å². The highest BCUT2D eigenvalue weighted by Gasteiger charge is 2.02. The zero-order chi connectivity index (χ0) is 12.1. The molecule has 0 bridgehead atoms. The fraction of sp³-hybridized carbons (Fsp3) is 0.154. The molecule has 1 aromatic heterocycles. The summed E-state index contributed by atoms with van der Waals surface area (Å²) in [4.78, 5) is 0. The van der Waals surface area contributed by atoms with Crippen LogP contribution in [0.15, 0.2) is 35.0 Å². The topological polar surface area (TPSA) is 35.8 Å². The minimum atomic E-state index is 0.586. The molecule has 4 heteroatoms. The normalized spacial score (nSPS) is 9.88. The van der Waals surface area contributed by atoms with Crippen LogP contribution < -0.4 is 5.32 Å². The van der Waals surface area contributed by atoms with E-state index >= 15 is 0 Å². The number of hydrogen-bond donors (Lipinski definition) is 1. The molecule has 0 saturated heterocycles. The fourth-order valence-electron chi connectivity index (χ4n) is 1.54. The third-order valence-corrected chi connectivity index (χ3v) is 3.38. The molecule has 0 aliphatic carbocycles. The standard InChI is InChI=1S/C13H11ClN2S/c14-12-1-2-13(11(7-12)8-15)16-5-3-10-4-6-17-9-10/h1-2,4,6-7,9,16H,3,5H2. The molecule has 0 aliphatic heterocycles. The molecule has 86 valence electrons. The molecule has 0 unspecified atom stereocenters. The van der Waals surface area contributed by atoms with Crippen molar-refractivity contribution in [3.05, 3.63) is 51.2 Å². The highest BCUT2D eigenvalue weighted by atomic mass is 35.5. The molecule has 2 aromatic rings. The number of benzene rings is 1. The molecular weight excluding hydrogens is 252 g/mol. The van der Waals surface area contributed by atoms with Gasteiger partial charge in [-0.3, -0.25) is 0 Å². The van der Waals surface area contributed by atoms with Crippen LogP contribution in [0.5, 0.6) is 0 Å². The highest BCUT2D eigenvalue weighted by molar-refractivity contribution is 7.07. The Morgan fingerprint density at radius 1 is 1.35 bits per heavy atom. The maximum absolute atomic E-state index is 8.98. The molecular formula is C13H11ClN2S. The predicted octanol–water partition coefficient (Wildman–Crippen LogP) is 3.93. The van der Waals surface area contributed by atoms with Crippen LogP contribution in [0, 0.1) is 11.3 Å². The van der Waals surface area contributed by atoms with Gasteiger partial charge in [0.05, 0.1) is 11.3 Å². The van der Waals surface area contributed by atoms with Crippen molar-refractivity contribution in [1.29, 1.82) is 5.26 Å². The summed E-state index contributed by atoms with van der Waals surface area (Å²) in [5, 5.41) is 17.0. The summed E-state index contributed by atoms with van der Waals surface area (Å²) in [5.41, 5.74) is 2.74. The van der Waals surface area contributed by atoms with Gasteiger partial charge >= 0.3 is 0 Å². The van der Waals surface area contributed by atoms with Gasteiger partial charge in [0.2, 0.25) is 0 Å². The molecule has 0 aliphatic rings. The summed E-state index contributed by atoms with van der Waals surface area (Å²) in [6, 6.07) is 9.55.